The molecular weight excluding hydrogens is 242 g/mol. The van der Waals surface area contributed by atoms with Gasteiger partial charge < -0.3 is 5.32 Å². The molecule has 1 aromatic rings. The third-order valence-corrected chi connectivity index (χ3v) is 5.81. The second-order valence-electron chi connectivity index (χ2n) is 6.80. The Kier molecular flexibility index (Phi) is 3.18. The van der Waals surface area contributed by atoms with Gasteiger partial charge in [-0.3, -0.25) is 0 Å². The molecule has 0 aliphatic heterocycles. The average Bonchev–Trinajstić information content (AvgIpc) is 3.24. The molecule has 0 heterocycles. The molecule has 1 fully saturated rings. The fourth-order valence-corrected chi connectivity index (χ4v) is 4.84. The van der Waals surface area contributed by atoms with Crippen molar-refractivity contribution in [1.29, 1.82) is 0 Å². The highest BCUT2D eigenvalue weighted by Crippen LogP contribution is 2.62. The fraction of sp³-hybridized carbons (Fsp3) is 0.579. The molecule has 1 nitrogen and oxygen atoms in total. The molecule has 1 N–H and O–H groups in total. The van der Waals surface area contributed by atoms with Crippen molar-refractivity contribution < 1.29 is 0 Å². The highest BCUT2D eigenvalue weighted by atomic mass is 14.9. The van der Waals surface area contributed by atoms with Gasteiger partial charge in [0.1, 0.15) is 0 Å². The summed E-state index contributed by atoms with van der Waals surface area (Å²) < 4.78 is 0. The standard InChI is InChI=1S/C19H25N/c1-20-19(14-8-3-2-4-9-14)18-16-12-11-13-7-5-6-10-15(13)17(16)18/h5-8,10,16-20H,2-4,9,11-12H2,1H3. The third-order valence-electron chi connectivity index (χ3n) is 5.81. The van der Waals surface area contributed by atoms with Gasteiger partial charge in [-0.2, -0.15) is 0 Å². The highest BCUT2D eigenvalue weighted by molar-refractivity contribution is 5.41. The second kappa shape index (κ2) is 5.04. The summed E-state index contributed by atoms with van der Waals surface area (Å²) in [6.07, 6.45) is 10.6. The first kappa shape index (κ1) is 12.6. The number of nitrogens with one attached hydrogen (secondary N) is 1. The lowest BCUT2D eigenvalue weighted by atomic mass is 9.89. The van der Waals surface area contributed by atoms with E-state index in [4.69, 9.17) is 0 Å². The SMILES string of the molecule is CNC(C1=CCCCC1)C1C2CCc3ccccc3C21. The van der Waals surface area contributed by atoms with Gasteiger partial charge in [-0.05, 0) is 74.5 Å². The number of hydrogen-bond acceptors (Lipinski definition) is 1. The van der Waals surface area contributed by atoms with Crippen LogP contribution in [0.4, 0.5) is 0 Å². The number of allylic oxidation sites excluding steroid dienone is 1. The van der Waals surface area contributed by atoms with Crippen molar-refractivity contribution in [3.63, 3.8) is 0 Å². The molecule has 0 saturated heterocycles. The van der Waals surface area contributed by atoms with Gasteiger partial charge in [0.05, 0.1) is 0 Å². The van der Waals surface area contributed by atoms with E-state index >= 15 is 0 Å². The molecule has 0 amide bonds. The van der Waals surface area contributed by atoms with E-state index in [0.717, 1.165) is 17.8 Å². The van der Waals surface area contributed by atoms with Crippen LogP contribution in [0.2, 0.25) is 0 Å². The third kappa shape index (κ3) is 1.95. The van der Waals surface area contributed by atoms with Crippen LogP contribution < -0.4 is 5.32 Å². The first-order chi connectivity index (χ1) is 9.90. The number of benzene rings is 1. The van der Waals surface area contributed by atoms with Crippen LogP contribution in [-0.2, 0) is 6.42 Å². The summed E-state index contributed by atoms with van der Waals surface area (Å²) in [5.74, 6) is 2.62. The van der Waals surface area contributed by atoms with Crippen molar-refractivity contribution in [3.8, 4) is 0 Å². The molecule has 3 aliphatic carbocycles. The summed E-state index contributed by atoms with van der Waals surface area (Å²) in [7, 11) is 2.16. The van der Waals surface area contributed by atoms with Crippen LogP contribution in [0.15, 0.2) is 35.9 Å². The molecule has 3 aliphatic rings. The Bertz CT molecular complexity index is 530. The van der Waals surface area contributed by atoms with E-state index in [1.807, 2.05) is 0 Å². The number of aryl methyl sites for hydroxylation is 1. The van der Waals surface area contributed by atoms with Crippen LogP contribution in [-0.4, -0.2) is 13.1 Å². The highest BCUT2D eigenvalue weighted by Gasteiger charge is 2.56. The largest absolute Gasteiger partial charge is 0.313 e. The fourth-order valence-electron chi connectivity index (χ4n) is 4.84. The van der Waals surface area contributed by atoms with Crippen molar-refractivity contribution in [2.45, 2.75) is 50.5 Å². The number of hydrogen-bond donors (Lipinski definition) is 1. The van der Waals surface area contributed by atoms with Gasteiger partial charge in [0.2, 0.25) is 0 Å². The number of rotatable bonds is 3. The van der Waals surface area contributed by atoms with Crippen molar-refractivity contribution in [1.82, 2.24) is 5.32 Å². The molecule has 106 valence electrons. The monoisotopic (exact) mass is 267 g/mol. The van der Waals surface area contributed by atoms with Crippen LogP contribution in [0.25, 0.3) is 0 Å². The second-order valence-corrected chi connectivity index (χ2v) is 6.80. The minimum Gasteiger partial charge on any atom is -0.313 e. The van der Waals surface area contributed by atoms with Gasteiger partial charge in [-0.25, -0.2) is 0 Å². The summed E-state index contributed by atoms with van der Waals surface area (Å²) >= 11 is 0. The Balaban J connectivity index is 1.60. The Morgan fingerprint density at radius 3 is 2.85 bits per heavy atom. The maximum absolute atomic E-state index is 3.65. The maximum Gasteiger partial charge on any atom is 0.0313 e. The quantitative estimate of drug-likeness (QED) is 0.815. The number of fused-ring (bicyclic) bond motifs is 3. The Morgan fingerprint density at radius 2 is 2.05 bits per heavy atom. The summed E-state index contributed by atoms with van der Waals surface area (Å²) in [5, 5.41) is 3.65. The van der Waals surface area contributed by atoms with E-state index in [1.165, 1.54) is 38.5 Å². The van der Waals surface area contributed by atoms with Gasteiger partial charge in [0, 0.05) is 6.04 Å². The lowest BCUT2D eigenvalue weighted by Gasteiger charge is -2.23. The molecule has 0 bridgehead atoms. The zero-order valence-corrected chi connectivity index (χ0v) is 12.4. The molecule has 4 rings (SSSR count). The summed E-state index contributed by atoms with van der Waals surface area (Å²) in [6, 6.07) is 9.79. The van der Waals surface area contributed by atoms with Crippen LogP contribution in [0.1, 0.15) is 49.1 Å². The van der Waals surface area contributed by atoms with Crippen LogP contribution >= 0.6 is 0 Å². The minimum atomic E-state index is 0.636. The first-order valence-corrected chi connectivity index (χ1v) is 8.34. The average molecular weight is 267 g/mol. The van der Waals surface area contributed by atoms with Crippen LogP contribution in [0.3, 0.4) is 0 Å². The lowest BCUT2D eigenvalue weighted by molar-refractivity contribution is 0.490. The van der Waals surface area contributed by atoms with Gasteiger partial charge in [-0.15, -0.1) is 0 Å². The zero-order valence-electron chi connectivity index (χ0n) is 12.4. The van der Waals surface area contributed by atoms with Crippen LogP contribution in [0, 0.1) is 11.8 Å². The molecule has 0 spiro atoms. The lowest BCUT2D eigenvalue weighted by Crippen LogP contribution is -2.31. The normalized spacial score (nSPS) is 32.9. The molecule has 1 saturated carbocycles. The van der Waals surface area contributed by atoms with E-state index in [9.17, 15) is 0 Å². The van der Waals surface area contributed by atoms with Gasteiger partial charge in [0.25, 0.3) is 0 Å². The van der Waals surface area contributed by atoms with Crippen molar-refractivity contribution >= 4 is 0 Å². The topological polar surface area (TPSA) is 12.0 Å². The summed E-state index contributed by atoms with van der Waals surface area (Å²) in [4.78, 5) is 0. The van der Waals surface area contributed by atoms with Crippen molar-refractivity contribution in [2.75, 3.05) is 7.05 Å². The van der Waals surface area contributed by atoms with Gasteiger partial charge >= 0.3 is 0 Å². The van der Waals surface area contributed by atoms with E-state index in [0.29, 0.717) is 6.04 Å². The van der Waals surface area contributed by atoms with Crippen molar-refractivity contribution in [2.24, 2.45) is 11.8 Å². The molecule has 1 heteroatoms. The Morgan fingerprint density at radius 1 is 1.15 bits per heavy atom. The summed E-state index contributed by atoms with van der Waals surface area (Å²) in [6.45, 7) is 0. The Hall–Kier alpha value is -1.08. The molecule has 0 radical (unpaired) electrons. The molecule has 1 aromatic carbocycles. The van der Waals surface area contributed by atoms with Gasteiger partial charge in [0.15, 0.2) is 0 Å². The van der Waals surface area contributed by atoms with Crippen molar-refractivity contribution in [3.05, 3.63) is 47.0 Å². The van der Waals surface area contributed by atoms with E-state index in [2.05, 4.69) is 42.7 Å². The predicted octanol–water partition coefficient (Wildman–Crippen LogP) is 4.05. The van der Waals surface area contributed by atoms with E-state index in [-0.39, 0.29) is 0 Å². The maximum atomic E-state index is 3.65. The smallest absolute Gasteiger partial charge is 0.0313 e. The summed E-state index contributed by atoms with van der Waals surface area (Å²) in [5.41, 5.74) is 4.98. The molecular formula is C19H25N. The number of likely N-dealkylation sites (N-methyl/N-ethyl adjacent to an activating group) is 1. The van der Waals surface area contributed by atoms with E-state index < -0.39 is 0 Å². The molecule has 20 heavy (non-hydrogen) atoms. The van der Waals surface area contributed by atoms with Gasteiger partial charge in [-0.1, -0.05) is 35.9 Å². The minimum absolute atomic E-state index is 0.636. The Labute approximate surface area is 122 Å². The molecule has 4 atom stereocenters. The van der Waals surface area contributed by atoms with E-state index in [1.54, 1.807) is 16.7 Å². The molecule has 0 aromatic heterocycles. The van der Waals surface area contributed by atoms with Crippen LogP contribution in [0.5, 0.6) is 0 Å². The first-order valence-electron chi connectivity index (χ1n) is 8.34. The zero-order chi connectivity index (χ0) is 13.5. The predicted molar refractivity (Wildman–Crippen MR) is 83.9 cm³/mol. The molecule has 4 unspecified atom stereocenters.